The molecule has 2 N–H and O–H groups in total. The topological polar surface area (TPSA) is 98.9 Å². The van der Waals surface area contributed by atoms with Gasteiger partial charge in [-0.15, -0.1) is 0 Å². The number of anilines is 1. The quantitative estimate of drug-likeness (QED) is 0.575. The number of halogens is 4. The molecule has 1 amide bonds. The number of hydrogen-bond acceptors (Lipinski definition) is 6. The molecule has 1 atom stereocenters. The molecule has 4 heterocycles. The first-order valence-corrected chi connectivity index (χ1v) is 9.64. The van der Waals surface area contributed by atoms with Crippen LogP contribution < -0.4 is 10.6 Å². The summed E-state index contributed by atoms with van der Waals surface area (Å²) in [4.78, 5) is 20.5. The molecule has 1 saturated heterocycles. The van der Waals surface area contributed by atoms with Crippen LogP contribution in [-0.4, -0.2) is 49.9 Å². The molecule has 13 heteroatoms. The van der Waals surface area contributed by atoms with E-state index in [9.17, 15) is 22.4 Å². The van der Waals surface area contributed by atoms with Gasteiger partial charge in [-0.1, -0.05) is 0 Å². The van der Waals surface area contributed by atoms with E-state index in [1.54, 1.807) is 6.20 Å². The summed E-state index contributed by atoms with van der Waals surface area (Å²) < 4.78 is 60.8. The number of carbonyl (C=O) groups excluding carboxylic acids is 1. The highest BCUT2D eigenvalue weighted by atomic mass is 19.4. The summed E-state index contributed by atoms with van der Waals surface area (Å²) in [6.07, 6.45) is -0.584. The number of hydrogen-bond donors (Lipinski definition) is 2. The van der Waals surface area contributed by atoms with Crippen LogP contribution in [0.25, 0.3) is 5.82 Å². The van der Waals surface area contributed by atoms with Crippen molar-refractivity contribution in [3.05, 3.63) is 53.8 Å². The van der Waals surface area contributed by atoms with Crippen molar-refractivity contribution in [1.29, 1.82) is 0 Å². The minimum atomic E-state index is -4.61. The van der Waals surface area contributed by atoms with Gasteiger partial charge in [-0.2, -0.15) is 18.3 Å². The Morgan fingerprint density at radius 1 is 1.34 bits per heavy atom. The largest absolute Gasteiger partial charge is 0.435 e. The third kappa shape index (κ3) is 4.78. The van der Waals surface area contributed by atoms with Gasteiger partial charge in [-0.3, -0.25) is 14.0 Å². The molecule has 1 fully saturated rings. The summed E-state index contributed by atoms with van der Waals surface area (Å²) in [6, 6.07) is 1.91. The van der Waals surface area contributed by atoms with Gasteiger partial charge in [-0.05, 0) is 13.0 Å². The number of nitrogens with one attached hydrogen (secondary N) is 2. The second kappa shape index (κ2) is 8.67. The van der Waals surface area contributed by atoms with Crippen molar-refractivity contribution in [2.45, 2.75) is 25.7 Å². The fourth-order valence-corrected chi connectivity index (χ4v) is 3.21. The van der Waals surface area contributed by atoms with Gasteiger partial charge in [0.05, 0.1) is 24.2 Å². The van der Waals surface area contributed by atoms with Gasteiger partial charge >= 0.3 is 6.18 Å². The van der Waals surface area contributed by atoms with Gasteiger partial charge in [0.2, 0.25) is 5.91 Å². The van der Waals surface area contributed by atoms with Crippen molar-refractivity contribution in [2.24, 2.45) is 0 Å². The molecule has 32 heavy (non-hydrogen) atoms. The molecule has 0 aromatic carbocycles. The average Bonchev–Trinajstić information content (AvgIpc) is 3.36. The Kier molecular flexibility index (Phi) is 5.93. The monoisotopic (exact) mass is 453 g/mol. The minimum absolute atomic E-state index is 0.0248. The van der Waals surface area contributed by atoms with Crippen LogP contribution in [0.5, 0.6) is 0 Å². The summed E-state index contributed by atoms with van der Waals surface area (Å²) in [5.74, 6) is -1.42. The number of nitrogens with zero attached hydrogens (tertiary/aromatic N) is 5. The lowest BCUT2D eigenvalue weighted by atomic mass is 10.2. The lowest BCUT2D eigenvalue weighted by Crippen LogP contribution is -2.33. The fraction of sp³-hybridized carbons (Fsp3) is 0.368. The molecule has 0 saturated carbocycles. The molecule has 170 valence electrons. The molecule has 1 aliphatic heterocycles. The zero-order valence-corrected chi connectivity index (χ0v) is 16.9. The SMILES string of the molecule is Cc1cc(C(F)(F)F)nn1CC(=O)Nc1cnc(-n2cnc(C3CNCCO3)c2)c(F)c1. The van der Waals surface area contributed by atoms with E-state index in [0.29, 0.717) is 18.8 Å². The normalized spacial score (nSPS) is 16.8. The summed E-state index contributed by atoms with van der Waals surface area (Å²) in [5, 5.41) is 8.98. The van der Waals surface area contributed by atoms with Crippen LogP contribution in [0, 0.1) is 12.7 Å². The van der Waals surface area contributed by atoms with E-state index >= 15 is 0 Å². The molecule has 0 aliphatic carbocycles. The van der Waals surface area contributed by atoms with Crippen molar-refractivity contribution < 1.29 is 27.1 Å². The average molecular weight is 453 g/mol. The molecule has 0 spiro atoms. The molecule has 0 radical (unpaired) electrons. The maximum absolute atomic E-state index is 14.6. The van der Waals surface area contributed by atoms with Gasteiger partial charge in [0.25, 0.3) is 0 Å². The van der Waals surface area contributed by atoms with Crippen LogP contribution in [0.15, 0.2) is 30.9 Å². The molecule has 3 aromatic heterocycles. The second-order valence-electron chi connectivity index (χ2n) is 7.17. The Bertz CT molecular complexity index is 1120. The van der Waals surface area contributed by atoms with Gasteiger partial charge < -0.3 is 15.4 Å². The van der Waals surface area contributed by atoms with Crippen LogP contribution in [0.3, 0.4) is 0 Å². The molecule has 4 rings (SSSR count). The molecule has 3 aromatic rings. The minimum Gasteiger partial charge on any atom is -0.369 e. The maximum atomic E-state index is 14.6. The highest BCUT2D eigenvalue weighted by Gasteiger charge is 2.34. The first kappa shape index (κ1) is 21.9. The van der Waals surface area contributed by atoms with E-state index in [1.807, 2.05) is 0 Å². The van der Waals surface area contributed by atoms with Crippen LogP contribution >= 0.6 is 0 Å². The summed E-state index contributed by atoms with van der Waals surface area (Å²) >= 11 is 0. The Morgan fingerprint density at radius 3 is 2.81 bits per heavy atom. The zero-order valence-electron chi connectivity index (χ0n) is 16.9. The lowest BCUT2D eigenvalue weighted by Gasteiger charge is -2.21. The number of ether oxygens (including phenoxy) is 1. The van der Waals surface area contributed by atoms with E-state index in [2.05, 4.69) is 25.7 Å². The van der Waals surface area contributed by atoms with E-state index < -0.39 is 30.1 Å². The van der Waals surface area contributed by atoms with Crippen LogP contribution in [-0.2, 0) is 22.3 Å². The predicted octanol–water partition coefficient (Wildman–Crippen LogP) is 2.23. The van der Waals surface area contributed by atoms with E-state index in [4.69, 9.17) is 4.74 Å². The molecule has 1 unspecified atom stereocenters. The lowest BCUT2D eigenvalue weighted by molar-refractivity contribution is -0.141. The highest BCUT2D eigenvalue weighted by Crippen LogP contribution is 2.28. The Labute approximate surface area is 179 Å². The van der Waals surface area contributed by atoms with Crippen molar-refractivity contribution in [2.75, 3.05) is 25.0 Å². The standard InChI is InChI=1S/C19H19F4N7O2/c1-11-4-16(19(21,22)23)28-30(11)9-17(31)27-12-5-13(20)18(25-6-12)29-8-14(26-10-29)15-7-24-2-3-32-15/h4-6,8,10,15,24H,2-3,7,9H2,1H3,(H,27,31). The predicted molar refractivity (Wildman–Crippen MR) is 103 cm³/mol. The number of amides is 1. The second-order valence-corrected chi connectivity index (χ2v) is 7.17. The number of carbonyl (C=O) groups is 1. The molecular weight excluding hydrogens is 434 g/mol. The maximum Gasteiger partial charge on any atom is 0.435 e. The van der Waals surface area contributed by atoms with Crippen LogP contribution in [0.1, 0.15) is 23.2 Å². The molecule has 1 aliphatic rings. The zero-order chi connectivity index (χ0) is 22.9. The van der Waals surface area contributed by atoms with Gasteiger partial charge in [0.15, 0.2) is 17.3 Å². The number of morpholine rings is 1. The van der Waals surface area contributed by atoms with Crippen molar-refractivity contribution >= 4 is 11.6 Å². The summed E-state index contributed by atoms with van der Waals surface area (Å²) in [5.41, 5.74) is -0.241. The third-order valence-corrected chi connectivity index (χ3v) is 4.78. The smallest absolute Gasteiger partial charge is 0.369 e. The number of aromatic nitrogens is 5. The van der Waals surface area contributed by atoms with Crippen LogP contribution in [0.4, 0.5) is 23.2 Å². The number of alkyl halides is 3. The van der Waals surface area contributed by atoms with Crippen molar-refractivity contribution in [3.8, 4) is 5.82 Å². The number of imidazole rings is 1. The fourth-order valence-electron chi connectivity index (χ4n) is 3.21. The Hall–Kier alpha value is -3.32. The number of aryl methyl sites for hydroxylation is 1. The Balaban J connectivity index is 1.43. The first-order valence-electron chi connectivity index (χ1n) is 9.64. The molecular formula is C19H19F4N7O2. The Morgan fingerprint density at radius 2 is 2.16 bits per heavy atom. The number of rotatable bonds is 5. The summed E-state index contributed by atoms with van der Waals surface area (Å²) in [6.45, 7) is 2.83. The summed E-state index contributed by atoms with van der Waals surface area (Å²) in [7, 11) is 0. The van der Waals surface area contributed by atoms with Gasteiger partial charge in [0.1, 0.15) is 19.0 Å². The highest BCUT2D eigenvalue weighted by molar-refractivity contribution is 5.90. The molecule has 9 nitrogen and oxygen atoms in total. The van der Waals surface area contributed by atoms with Crippen LogP contribution in [0.2, 0.25) is 0 Å². The van der Waals surface area contributed by atoms with E-state index in [1.165, 1.54) is 24.0 Å². The van der Waals surface area contributed by atoms with E-state index in [0.717, 1.165) is 23.4 Å². The molecule has 0 bridgehead atoms. The van der Waals surface area contributed by atoms with Crippen molar-refractivity contribution in [3.63, 3.8) is 0 Å². The van der Waals surface area contributed by atoms with E-state index in [-0.39, 0.29) is 23.3 Å². The first-order chi connectivity index (χ1) is 15.2. The van der Waals surface area contributed by atoms with Gasteiger partial charge in [0, 0.05) is 31.0 Å². The van der Waals surface area contributed by atoms with Gasteiger partial charge in [-0.25, -0.2) is 14.4 Å². The third-order valence-electron chi connectivity index (χ3n) is 4.78. The number of pyridine rings is 1. The van der Waals surface area contributed by atoms with Crippen molar-refractivity contribution in [1.82, 2.24) is 29.6 Å².